The van der Waals surface area contributed by atoms with Gasteiger partial charge in [-0.15, -0.1) is 0 Å². The summed E-state index contributed by atoms with van der Waals surface area (Å²) in [6, 6.07) is 5.34. The third-order valence-corrected chi connectivity index (χ3v) is 11.0. The SMILES string of the molecule is NC(=O)C12CC3CC(C1)C(NC(=O)CN(C1CC1)S(=O)(=O)c1ccc(-c4ccc(F)cc4F)c(F)c1)C(C3)C2. The normalized spacial score (nSPS) is 29.5. The highest BCUT2D eigenvalue weighted by atomic mass is 32.2. The first-order valence-electron chi connectivity index (χ1n) is 13.3. The molecule has 11 heteroatoms. The minimum atomic E-state index is -4.24. The molecule has 2 amide bonds. The second-order valence-corrected chi connectivity index (χ2v) is 13.6. The maximum Gasteiger partial charge on any atom is 0.243 e. The second-order valence-electron chi connectivity index (χ2n) is 11.8. The number of sulfonamides is 1. The van der Waals surface area contributed by atoms with Crippen molar-refractivity contribution in [2.24, 2.45) is 28.9 Å². The lowest BCUT2D eigenvalue weighted by atomic mass is 9.47. The van der Waals surface area contributed by atoms with Gasteiger partial charge in [0.05, 0.1) is 11.4 Å². The Balaban J connectivity index is 1.19. The lowest BCUT2D eigenvalue weighted by molar-refractivity contribution is -0.147. The summed E-state index contributed by atoms with van der Waals surface area (Å²) in [5.74, 6) is -2.76. The second kappa shape index (κ2) is 9.33. The number of benzene rings is 2. The van der Waals surface area contributed by atoms with Crippen molar-refractivity contribution in [2.75, 3.05) is 6.54 Å². The van der Waals surface area contributed by atoms with Gasteiger partial charge in [-0.3, -0.25) is 9.59 Å². The molecule has 0 aromatic heterocycles. The third-order valence-electron chi connectivity index (χ3n) is 9.15. The van der Waals surface area contributed by atoms with Crippen LogP contribution in [0.4, 0.5) is 13.2 Å². The number of halogens is 3. The van der Waals surface area contributed by atoms with Gasteiger partial charge < -0.3 is 11.1 Å². The Labute approximate surface area is 225 Å². The summed E-state index contributed by atoms with van der Waals surface area (Å²) in [4.78, 5) is 25.1. The molecule has 0 spiro atoms. The van der Waals surface area contributed by atoms with Crippen LogP contribution in [0.2, 0.25) is 0 Å². The number of hydrogen-bond acceptors (Lipinski definition) is 4. The summed E-state index contributed by atoms with van der Waals surface area (Å²) in [5, 5.41) is 3.06. The van der Waals surface area contributed by atoms with Crippen LogP contribution in [0.15, 0.2) is 41.3 Å². The summed E-state index contributed by atoms with van der Waals surface area (Å²) < 4.78 is 70.6. The molecule has 2 unspecified atom stereocenters. The van der Waals surface area contributed by atoms with Gasteiger partial charge in [0, 0.05) is 34.7 Å². The van der Waals surface area contributed by atoms with Crippen molar-refractivity contribution in [2.45, 2.75) is 61.9 Å². The molecule has 5 saturated carbocycles. The van der Waals surface area contributed by atoms with E-state index in [0.717, 1.165) is 47.8 Å². The number of amides is 2. The molecule has 5 aliphatic rings. The maximum atomic E-state index is 15.0. The van der Waals surface area contributed by atoms with Crippen LogP contribution in [-0.4, -0.2) is 43.2 Å². The molecule has 0 radical (unpaired) electrons. The molecule has 2 aromatic carbocycles. The predicted octanol–water partition coefficient (Wildman–Crippen LogP) is 3.72. The Morgan fingerprint density at radius 2 is 1.56 bits per heavy atom. The fourth-order valence-electron chi connectivity index (χ4n) is 7.43. The third kappa shape index (κ3) is 4.63. The predicted molar refractivity (Wildman–Crippen MR) is 136 cm³/mol. The molecular weight excluding hydrogens is 531 g/mol. The van der Waals surface area contributed by atoms with Crippen LogP contribution >= 0.6 is 0 Å². The van der Waals surface area contributed by atoms with Crippen LogP contribution in [0.1, 0.15) is 44.9 Å². The van der Waals surface area contributed by atoms with Crippen molar-refractivity contribution < 1.29 is 31.2 Å². The van der Waals surface area contributed by atoms with Crippen molar-refractivity contribution in [3.05, 3.63) is 53.8 Å². The lowest BCUT2D eigenvalue weighted by Crippen LogP contribution is -2.62. The number of nitrogens with two attached hydrogens (primary N) is 1. The molecule has 2 atom stereocenters. The first-order valence-corrected chi connectivity index (χ1v) is 14.8. The molecule has 5 fully saturated rings. The van der Waals surface area contributed by atoms with E-state index in [2.05, 4.69) is 5.32 Å². The van der Waals surface area contributed by atoms with Crippen molar-refractivity contribution in [3.63, 3.8) is 0 Å². The van der Waals surface area contributed by atoms with Crippen LogP contribution in [0.25, 0.3) is 11.1 Å². The molecule has 2 aromatic rings. The molecule has 5 aliphatic carbocycles. The van der Waals surface area contributed by atoms with Gasteiger partial charge >= 0.3 is 0 Å². The van der Waals surface area contributed by atoms with Crippen molar-refractivity contribution in [3.8, 4) is 11.1 Å². The number of primary amides is 1. The van der Waals surface area contributed by atoms with E-state index < -0.39 is 45.3 Å². The average molecular weight is 562 g/mol. The fourth-order valence-corrected chi connectivity index (χ4v) is 9.08. The van der Waals surface area contributed by atoms with Crippen molar-refractivity contribution in [1.82, 2.24) is 9.62 Å². The monoisotopic (exact) mass is 561 g/mol. The number of nitrogens with one attached hydrogen (secondary N) is 1. The molecule has 208 valence electrons. The van der Waals surface area contributed by atoms with Crippen LogP contribution in [0.3, 0.4) is 0 Å². The zero-order chi connectivity index (χ0) is 27.7. The minimum Gasteiger partial charge on any atom is -0.369 e. The molecule has 0 heterocycles. The van der Waals surface area contributed by atoms with Gasteiger partial charge in [-0.05, 0) is 93.0 Å². The molecule has 0 saturated heterocycles. The first-order chi connectivity index (χ1) is 18.5. The summed E-state index contributed by atoms with van der Waals surface area (Å²) in [7, 11) is -4.24. The Bertz CT molecular complexity index is 1450. The Morgan fingerprint density at radius 3 is 2.13 bits per heavy atom. The summed E-state index contributed by atoms with van der Waals surface area (Å²) in [5.41, 5.74) is 4.88. The highest BCUT2D eigenvalue weighted by molar-refractivity contribution is 7.89. The van der Waals surface area contributed by atoms with E-state index in [4.69, 9.17) is 5.73 Å². The largest absolute Gasteiger partial charge is 0.369 e. The fraction of sp³-hybridized carbons (Fsp3) is 0.500. The van der Waals surface area contributed by atoms with Gasteiger partial charge in [0.25, 0.3) is 0 Å². The van der Waals surface area contributed by atoms with E-state index in [1.54, 1.807) is 0 Å². The standard InChI is InChI=1S/C28H30F3N3O4S/c29-18-1-5-21(23(30)9-18)22-6-4-20(10-24(22)31)39(37,38)34(19-2-3-19)14-25(35)33-26-16-7-15-8-17(26)13-28(11-15,12-16)27(32)36/h1,4-6,9-10,15-17,19,26H,2-3,7-8,11-14H2,(H2,32,36)(H,33,35). The molecule has 7 nitrogen and oxygen atoms in total. The zero-order valence-corrected chi connectivity index (χ0v) is 22.0. The van der Waals surface area contributed by atoms with E-state index in [1.807, 2.05) is 0 Å². The van der Waals surface area contributed by atoms with E-state index in [9.17, 15) is 31.2 Å². The molecule has 39 heavy (non-hydrogen) atoms. The average Bonchev–Trinajstić information content (AvgIpc) is 3.70. The molecule has 7 rings (SSSR count). The van der Waals surface area contributed by atoms with Gasteiger partial charge in [0.15, 0.2) is 0 Å². The van der Waals surface area contributed by atoms with E-state index in [1.165, 1.54) is 6.07 Å². The number of carbonyl (C=O) groups excluding carboxylic acids is 2. The maximum absolute atomic E-state index is 15.0. The minimum absolute atomic E-state index is 0.132. The summed E-state index contributed by atoms with van der Waals surface area (Å²) in [6.45, 7) is -0.400. The lowest BCUT2D eigenvalue weighted by Gasteiger charge is -2.58. The first kappa shape index (κ1) is 26.3. The van der Waals surface area contributed by atoms with Crippen LogP contribution < -0.4 is 11.1 Å². The van der Waals surface area contributed by atoms with Crippen LogP contribution in [-0.2, 0) is 19.6 Å². The van der Waals surface area contributed by atoms with Crippen LogP contribution in [0, 0.1) is 40.6 Å². The molecule has 0 aliphatic heterocycles. The number of hydrogen-bond donors (Lipinski definition) is 2. The highest BCUT2D eigenvalue weighted by Gasteiger charge is 2.58. The Morgan fingerprint density at radius 1 is 0.949 bits per heavy atom. The van der Waals surface area contributed by atoms with Crippen LogP contribution in [0.5, 0.6) is 0 Å². The Kier molecular flexibility index (Phi) is 6.29. The smallest absolute Gasteiger partial charge is 0.243 e. The number of rotatable bonds is 8. The molecular formula is C28H30F3N3O4S. The van der Waals surface area contributed by atoms with E-state index in [0.29, 0.717) is 37.7 Å². The van der Waals surface area contributed by atoms with Gasteiger partial charge in [0.2, 0.25) is 21.8 Å². The van der Waals surface area contributed by atoms with Crippen molar-refractivity contribution >= 4 is 21.8 Å². The van der Waals surface area contributed by atoms with Gasteiger partial charge in [0.1, 0.15) is 17.5 Å². The zero-order valence-electron chi connectivity index (χ0n) is 21.2. The number of carbonyl (C=O) groups is 2. The summed E-state index contributed by atoms with van der Waals surface area (Å²) >= 11 is 0. The van der Waals surface area contributed by atoms with Crippen molar-refractivity contribution in [1.29, 1.82) is 0 Å². The van der Waals surface area contributed by atoms with E-state index >= 15 is 0 Å². The highest BCUT2D eigenvalue weighted by Crippen LogP contribution is 2.59. The Hall–Kier alpha value is -2.92. The molecule has 3 N–H and O–H groups in total. The number of nitrogens with zero attached hydrogens (tertiary/aromatic N) is 1. The van der Waals surface area contributed by atoms with Gasteiger partial charge in [-0.25, -0.2) is 21.6 Å². The van der Waals surface area contributed by atoms with Gasteiger partial charge in [-0.2, -0.15) is 4.31 Å². The topological polar surface area (TPSA) is 110 Å². The quantitative estimate of drug-likeness (QED) is 0.512. The van der Waals surface area contributed by atoms with E-state index in [-0.39, 0.29) is 45.8 Å². The molecule has 4 bridgehead atoms. The summed E-state index contributed by atoms with van der Waals surface area (Å²) in [6.07, 6.45) is 5.11. The van der Waals surface area contributed by atoms with Gasteiger partial charge in [-0.1, -0.05) is 0 Å².